The van der Waals surface area contributed by atoms with E-state index >= 15 is 0 Å². The first-order chi connectivity index (χ1) is 8.63. The van der Waals surface area contributed by atoms with Crippen LogP contribution in [0.4, 0.5) is 11.6 Å². The maximum Gasteiger partial charge on any atom is 0.137 e. The van der Waals surface area contributed by atoms with Gasteiger partial charge in [0, 0.05) is 18.7 Å². The van der Waals surface area contributed by atoms with E-state index in [0.29, 0.717) is 6.04 Å². The zero-order valence-corrected chi connectivity index (χ0v) is 11.6. The van der Waals surface area contributed by atoms with Gasteiger partial charge in [-0.2, -0.15) is 0 Å². The number of rotatable bonds is 3. The van der Waals surface area contributed by atoms with Crippen LogP contribution >= 0.6 is 0 Å². The normalized spacial score (nSPS) is 24.1. The van der Waals surface area contributed by atoms with Gasteiger partial charge in [-0.3, -0.25) is 0 Å². The summed E-state index contributed by atoms with van der Waals surface area (Å²) in [5.74, 6) is 1.94. The fourth-order valence-electron chi connectivity index (χ4n) is 2.27. The minimum atomic E-state index is 0.248. The lowest BCUT2D eigenvalue weighted by molar-refractivity contribution is 0.0340. The Kier molecular flexibility index (Phi) is 4.01. The number of nitrogens with zero attached hydrogens (tertiary/aromatic N) is 3. The summed E-state index contributed by atoms with van der Waals surface area (Å²) in [5, 5.41) is 3.27. The summed E-state index contributed by atoms with van der Waals surface area (Å²) in [6, 6.07) is 0.351. The summed E-state index contributed by atoms with van der Waals surface area (Å²) in [7, 11) is 0. The smallest absolute Gasteiger partial charge is 0.137 e. The number of hydrogen-bond acceptors (Lipinski definition) is 5. The number of aromatic nitrogens is 2. The van der Waals surface area contributed by atoms with Crippen molar-refractivity contribution in [3.05, 3.63) is 11.9 Å². The average molecular weight is 250 g/mol. The first-order valence-corrected chi connectivity index (χ1v) is 6.57. The van der Waals surface area contributed by atoms with E-state index in [1.54, 1.807) is 6.33 Å². The second-order valence-corrected chi connectivity index (χ2v) is 4.85. The van der Waals surface area contributed by atoms with Gasteiger partial charge in [0.15, 0.2) is 0 Å². The molecular weight excluding hydrogens is 228 g/mol. The van der Waals surface area contributed by atoms with Crippen molar-refractivity contribution in [3.8, 4) is 0 Å². The van der Waals surface area contributed by atoms with Gasteiger partial charge in [0.25, 0.3) is 0 Å². The molecule has 100 valence electrons. The Hall–Kier alpha value is -1.36. The molecule has 18 heavy (non-hydrogen) atoms. The standard InChI is InChI=1S/C13H22N4O/c1-5-14-12-11(4)13(16-8-15-12)17-6-10(3)18-7-9(17)2/h8-10H,5-7H2,1-4H3,(H,14,15,16). The van der Waals surface area contributed by atoms with E-state index in [-0.39, 0.29) is 6.10 Å². The first-order valence-electron chi connectivity index (χ1n) is 6.57. The van der Waals surface area contributed by atoms with Gasteiger partial charge in [-0.1, -0.05) is 0 Å². The Morgan fingerprint density at radius 2 is 2.22 bits per heavy atom. The second kappa shape index (κ2) is 5.52. The molecule has 0 bridgehead atoms. The van der Waals surface area contributed by atoms with E-state index in [2.05, 4.69) is 47.9 Å². The molecule has 0 spiro atoms. The van der Waals surface area contributed by atoms with Crippen molar-refractivity contribution in [2.45, 2.75) is 39.8 Å². The molecule has 1 N–H and O–H groups in total. The fourth-order valence-corrected chi connectivity index (χ4v) is 2.27. The second-order valence-electron chi connectivity index (χ2n) is 4.85. The molecule has 1 aliphatic rings. The Bertz CT molecular complexity index is 410. The fraction of sp³-hybridized carbons (Fsp3) is 0.692. The molecule has 0 aliphatic carbocycles. The van der Waals surface area contributed by atoms with Gasteiger partial charge in [-0.25, -0.2) is 9.97 Å². The largest absolute Gasteiger partial charge is 0.375 e. The first kappa shape index (κ1) is 13.1. The van der Waals surface area contributed by atoms with Crippen LogP contribution in [-0.2, 0) is 4.74 Å². The van der Waals surface area contributed by atoms with Gasteiger partial charge in [-0.05, 0) is 27.7 Å². The van der Waals surface area contributed by atoms with Crippen LogP contribution in [0.1, 0.15) is 26.3 Å². The van der Waals surface area contributed by atoms with E-state index < -0.39 is 0 Å². The van der Waals surface area contributed by atoms with Crippen molar-refractivity contribution in [1.82, 2.24) is 9.97 Å². The molecule has 1 fully saturated rings. The number of ether oxygens (including phenoxy) is 1. The molecule has 1 aliphatic heterocycles. The van der Waals surface area contributed by atoms with Crippen LogP contribution in [0.5, 0.6) is 0 Å². The monoisotopic (exact) mass is 250 g/mol. The predicted octanol–water partition coefficient (Wildman–Crippen LogP) is 1.83. The quantitative estimate of drug-likeness (QED) is 0.887. The highest BCUT2D eigenvalue weighted by Gasteiger charge is 2.26. The van der Waals surface area contributed by atoms with Gasteiger partial charge in [0.1, 0.15) is 18.0 Å². The van der Waals surface area contributed by atoms with Crippen LogP contribution in [0.25, 0.3) is 0 Å². The molecule has 2 atom stereocenters. The van der Waals surface area contributed by atoms with E-state index in [0.717, 1.165) is 36.9 Å². The van der Waals surface area contributed by atoms with Crippen molar-refractivity contribution >= 4 is 11.6 Å². The average Bonchev–Trinajstić information content (AvgIpc) is 2.35. The maximum absolute atomic E-state index is 5.66. The van der Waals surface area contributed by atoms with Crippen molar-refractivity contribution in [3.63, 3.8) is 0 Å². The molecule has 0 amide bonds. The molecule has 0 saturated carbocycles. The SMILES string of the molecule is CCNc1ncnc(N2CC(C)OCC2C)c1C. The van der Waals surface area contributed by atoms with Crippen molar-refractivity contribution in [1.29, 1.82) is 0 Å². The van der Waals surface area contributed by atoms with Crippen LogP contribution < -0.4 is 10.2 Å². The topological polar surface area (TPSA) is 50.3 Å². The highest BCUT2D eigenvalue weighted by atomic mass is 16.5. The summed E-state index contributed by atoms with van der Waals surface area (Å²) in [4.78, 5) is 11.0. The minimum absolute atomic E-state index is 0.248. The van der Waals surface area contributed by atoms with E-state index in [9.17, 15) is 0 Å². The van der Waals surface area contributed by atoms with Crippen molar-refractivity contribution in [2.75, 3.05) is 29.9 Å². The molecule has 2 heterocycles. The van der Waals surface area contributed by atoms with Crippen LogP contribution in [0, 0.1) is 6.92 Å². The number of morpholine rings is 1. The van der Waals surface area contributed by atoms with Crippen molar-refractivity contribution < 1.29 is 4.74 Å². The number of anilines is 2. The molecular formula is C13H22N4O. The molecule has 0 radical (unpaired) electrons. The molecule has 1 aromatic heterocycles. The van der Waals surface area contributed by atoms with Crippen LogP contribution in [0.15, 0.2) is 6.33 Å². The number of nitrogens with one attached hydrogen (secondary N) is 1. The van der Waals surface area contributed by atoms with Gasteiger partial charge < -0.3 is 15.0 Å². The van der Waals surface area contributed by atoms with Crippen LogP contribution in [0.3, 0.4) is 0 Å². The zero-order valence-electron chi connectivity index (χ0n) is 11.6. The summed E-state index contributed by atoms with van der Waals surface area (Å²) >= 11 is 0. The van der Waals surface area contributed by atoms with Gasteiger partial charge in [-0.15, -0.1) is 0 Å². The molecule has 1 saturated heterocycles. The lowest BCUT2D eigenvalue weighted by atomic mass is 10.1. The Morgan fingerprint density at radius 1 is 1.44 bits per heavy atom. The third-order valence-corrected chi connectivity index (χ3v) is 3.28. The Morgan fingerprint density at radius 3 is 2.94 bits per heavy atom. The highest BCUT2D eigenvalue weighted by Crippen LogP contribution is 2.26. The molecule has 1 aromatic rings. The van der Waals surface area contributed by atoms with E-state index in [1.165, 1.54) is 0 Å². The van der Waals surface area contributed by atoms with Crippen LogP contribution in [-0.4, -0.2) is 41.8 Å². The van der Waals surface area contributed by atoms with E-state index in [4.69, 9.17) is 4.74 Å². The molecule has 0 aromatic carbocycles. The molecule has 2 rings (SSSR count). The number of hydrogen-bond donors (Lipinski definition) is 1. The summed E-state index contributed by atoms with van der Waals surface area (Å²) in [6.07, 6.45) is 1.88. The van der Waals surface area contributed by atoms with Crippen LogP contribution in [0.2, 0.25) is 0 Å². The zero-order chi connectivity index (χ0) is 13.1. The van der Waals surface area contributed by atoms with Gasteiger partial charge in [0.05, 0.1) is 18.8 Å². The predicted molar refractivity (Wildman–Crippen MR) is 73.2 cm³/mol. The summed E-state index contributed by atoms with van der Waals surface area (Å²) < 4.78 is 5.66. The molecule has 2 unspecified atom stereocenters. The third-order valence-electron chi connectivity index (χ3n) is 3.28. The summed E-state index contributed by atoms with van der Waals surface area (Å²) in [5.41, 5.74) is 1.11. The van der Waals surface area contributed by atoms with Crippen molar-refractivity contribution in [2.24, 2.45) is 0 Å². The highest BCUT2D eigenvalue weighted by molar-refractivity contribution is 5.58. The Labute approximate surface area is 109 Å². The maximum atomic E-state index is 5.66. The lowest BCUT2D eigenvalue weighted by Gasteiger charge is -2.38. The summed E-state index contributed by atoms with van der Waals surface area (Å²) in [6.45, 7) is 10.9. The minimum Gasteiger partial charge on any atom is -0.375 e. The van der Waals surface area contributed by atoms with Gasteiger partial charge >= 0.3 is 0 Å². The third kappa shape index (κ3) is 2.56. The lowest BCUT2D eigenvalue weighted by Crippen LogP contribution is -2.48. The molecule has 5 nitrogen and oxygen atoms in total. The molecule has 5 heteroatoms. The van der Waals surface area contributed by atoms with E-state index in [1.807, 2.05) is 0 Å². The van der Waals surface area contributed by atoms with Gasteiger partial charge in [0.2, 0.25) is 0 Å². The Balaban J connectivity index is 2.28.